The molecule has 0 saturated heterocycles. The molecule has 0 fully saturated rings. The molecule has 0 radical (unpaired) electrons. The van der Waals surface area contributed by atoms with Gasteiger partial charge in [0.1, 0.15) is 4.66 Å². The van der Waals surface area contributed by atoms with Crippen molar-refractivity contribution in [3.63, 3.8) is 0 Å². The summed E-state index contributed by atoms with van der Waals surface area (Å²) in [5.41, 5.74) is 1.45. The van der Waals surface area contributed by atoms with Gasteiger partial charge in [0.05, 0.1) is 5.69 Å². The maximum absolute atomic E-state index is 11.5. The number of carbonyl (C=O) groups excluding carboxylic acids is 1. The molecule has 0 heterocycles. The Balaban J connectivity index is 3.16. The first-order valence-electron chi connectivity index (χ1n) is 4.79. The van der Waals surface area contributed by atoms with Crippen LogP contribution in [0.15, 0.2) is 18.2 Å². The molecule has 0 unspecified atom stereocenters. The second kappa shape index (κ2) is 5.50. The Bertz CT molecular complexity index is 528. The zero-order valence-corrected chi connectivity index (χ0v) is 11.9. The fourth-order valence-electron chi connectivity index (χ4n) is 1.32. The quantitative estimate of drug-likeness (QED) is 0.824. The third-order valence-electron chi connectivity index (χ3n) is 2.21. The summed E-state index contributed by atoms with van der Waals surface area (Å²) in [4.78, 5) is 11.5. The van der Waals surface area contributed by atoms with Crippen LogP contribution in [-0.4, -0.2) is 26.0 Å². The first-order valence-corrected chi connectivity index (χ1v) is 7.57. The molecular formula is C10H13BrN2O3S. The van der Waals surface area contributed by atoms with Crippen molar-refractivity contribution in [2.75, 3.05) is 16.4 Å². The van der Waals surface area contributed by atoms with E-state index in [1.807, 2.05) is 0 Å². The normalized spacial score (nSPS) is 11.0. The average Bonchev–Trinajstić information content (AvgIpc) is 2.31. The van der Waals surface area contributed by atoms with Crippen molar-refractivity contribution >= 4 is 37.5 Å². The van der Waals surface area contributed by atoms with Gasteiger partial charge in [0.15, 0.2) is 0 Å². The Labute approximate surface area is 109 Å². The molecule has 2 N–H and O–H groups in total. The van der Waals surface area contributed by atoms with Crippen LogP contribution in [-0.2, 0) is 10.0 Å². The largest absolute Gasteiger partial charge is 0.355 e. The van der Waals surface area contributed by atoms with Crippen molar-refractivity contribution < 1.29 is 13.2 Å². The van der Waals surface area contributed by atoms with E-state index in [-0.39, 0.29) is 10.6 Å². The summed E-state index contributed by atoms with van der Waals surface area (Å²) in [5, 5.41) is 2.50. The molecule has 0 atom stereocenters. The summed E-state index contributed by atoms with van der Waals surface area (Å²) < 4.78 is 25.0. The van der Waals surface area contributed by atoms with Gasteiger partial charge in [-0.1, -0.05) is 22.0 Å². The summed E-state index contributed by atoms with van der Waals surface area (Å²) in [6, 6.07) is 4.88. The number of carbonyl (C=O) groups is 1. The Morgan fingerprint density at radius 2 is 2.06 bits per heavy atom. The van der Waals surface area contributed by atoms with Crippen molar-refractivity contribution in [1.82, 2.24) is 5.32 Å². The summed E-state index contributed by atoms with van der Waals surface area (Å²) in [6.07, 6.45) is 0. The standard InChI is InChI=1S/C10H13BrN2O3S/c1-7-8(10(14)12-2)4-3-5-9(7)13-17(15,16)6-11/h3-5,13H,6H2,1-2H3,(H,12,14). The Hall–Kier alpha value is -1.08. The lowest BCUT2D eigenvalue weighted by atomic mass is 10.1. The van der Waals surface area contributed by atoms with E-state index >= 15 is 0 Å². The van der Waals surface area contributed by atoms with Crippen molar-refractivity contribution in [2.45, 2.75) is 6.92 Å². The Morgan fingerprint density at radius 1 is 1.41 bits per heavy atom. The van der Waals surface area contributed by atoms with Gasteiger partial charge in [-0.15, -0.1) is 0 Å². The van der Waals surface area contributed by atoms with Crippen molar-refractivity contribution in [3.8, 4) is 0 Å². The highest BCUT2D eigenvalue weighted by atomic mass is 79.9. The van der Waals surface area contributed by atoms with Crippen molar-refractivity contribution in [1.29, 1.82) is 0 Å². The van der Waals surface area contributed by atoms with Gasteiger partial charge < -0.3 is 5.32 Å². The number of anilines is 1. The fraction of sp³-hybridized carbons (Fsp3) is 0.300. The number of benzene rings is 1. The van der Waals surface area contributed by atoms with Crippen LogP contribution in [0.2, 0.25) is 0 Å². The van der Waals surface area contributed by atoms with E-state index in [4.69, 9.17) is 0 Å². The molecular weight excluding hydrogens is 308 g/mol. The predicted octanol–water partition coefficient (Wildman–Crippen LogP) is 1.45. The van der Waals surface area contributed by atoms with Crippen LogP contribution in [0.3, 0.4) is 0 Å². The third-order valence-corrected chi connectivity index (χ3v) is 4.84. The Morgan fingerprint density at radius 3 is 2.59 bits per heavy atom. The van der Waals surface area contributed by atoms with Crippen LogP contribution in [0.1, 0.15) is 15.9 Å². The SMILES string of the molecule is CNC(=O)c1cccc(NS(=O)(=O)CBr)c1C. The minimum atomic E-state index is -3.41. The number of alkyl halides is 1. The molecule has 5 nitrogen and oxygen atoms in total. The molecule has 7 heteroatoms. The van der Waals surface area contributed by atoms with Crippen LogP contribution >= 0.6 is 15.9 Å². The van der Waals surface area contributed by atoms with E-state index in [9.17, 15) is 13.2 Å². The number of rotatable bonds is 4. The lowest BCUT2D eigenvalue weighted by Crippen LogP contribution is -2.20. The van der Waals surface area contributed by atoms with Crippen LogP contribution in [0.25, 0.3) is 0 Å². The number of halogens is 1. The molecule has 1 aromatic carbocycles. The first-order chi connectivity index (χ1) is 7.91. The van der Waals surface area contributed by atoms with E-state index in [1.165, 1.54) is 7.05 Å². The van der Waals surface area contributed by atoms with Gasteiger partial charge in [0.2, 0.25) is 10.0 Å². The second-order valence-corrected chi connectivity index (χ2v) is 6.41. The van der Waals surface area contributed by atoms with Crippen molar-refractivity contribution in [2.24, 2.45) is 0 Å². The molecule has 17 heavy (non-hydrogen) atoms. The lowest BCUT2D eigenvalue weighted by molar-refractivity contribution is 0.0962. The molecule has 0 bridgehead atoms. The number of hydrogen-bond donors (Lipinski definition) is 2. The van der Waals surface area contributed by atoms with Gasteiger partial charge in [-0.2, -0.15) is 0 Å². The molecule has 1 rings (SSSR count). The van der Waals surface area contributed by atoms with Gasteiger partial charge in [-0.05, 0) is 24.6 Å². The highest BCUT2D eigenvalue weighted by Gasteiger charge is 2.14. The summed E-state index contributed by atoms with van der Waals surface area (Å²) >= 11 is 2.88. The highest BCUT2D eigenvalue weighted by Crippen LogP contribution is 2.20. The number of nitrogens with one attached hydrogen (secondary N) is 2. The minimum absolute atomic E-state index is 0.191. The van der Waals surface area contributed by atoms with Crippen LogP contribution in [0.4, 0.5) is 5.69 Å². The van der Waals surface area contributed by atoms with Crippen molar-refractivity contribution in [3.05, 3.63) is 29.3 Å². The smallest absolute Gasteiger partial charge is 0.251 e. The molecule has 1 aromatic rings. The molecule has 1 amide bonds. The summed E-state index contributed by atoms with van der Waals surface area (Å²) in [7, 11) is -1.88. The molecule has 0 spiro atoms. The predicted molar refractivity (Wildman–Crippen MR) is 70.9 cm³/mol. The zero-order chi connectivity index (χ0) is 13.1. The van der Waals surface area contributed by atoms with E-state index < -0.39 is 10.0 Å². The van der Waals surface area contributed by atoms with E-state index in [0.29, 0.717) is 16.8 Å². The fourth-order valence-corrected chi connectivity index (χ4v) is 2.28. The molecule has 0 aliphatic heterocycles. The topological polar surface area (TPSA) is 75.3 Å². The molecule has 94 valence electrons. The van der Waals surface area contributed by atoms with Gasteiger partial charge in [-0.25, -0.2) is 8.42 Å². The van der Waals surface area contributed by atoms with Gasteiger partial charge in [0.25, 0.3) is 5.91 Å². The van der Waals surface area contributed by atoms with Crippen LogP contribution in [0, 0.1) is 6.92 Å². The van der Waals surface area contributed by atoms with Gasteiger partial charge in [-0.3, -0.25) is 9.52 Å². The van der Waals surface area contributed by atoms with E-state index in [1.54, 1.807) is 25.1 Å². The van der Waals surface area contributed by atoms with Crippen LogP contribution in [0.5, 0.6) is 0 Å². The molecule has 0 aliphatic rings. The average molecular weight is 321 g/mol. The molecule has 0 aliphatic carbocycles. The monoisotopic (exact) mass is 320 g/mol. The maximum Gasteiger partial charge on any atom is 0.251 e. The lowest BCUT2D eigenvalue weighted by Gasteiger charge is -2.11. The number of amides is 1. The third kappa shape index (κ3) is 3.44. The zero-order valence-electron chi connectivity index (χ0n) is 9.45. The number of sulfonamides is 1. The number of hydrogen-bond acceptors (Lipinski definition) is 3. The molecule has 0 saturated carbocycles. The highest BCUT2D eigenvalue weighted by molar-refractivity contribution is 9.10. The minimum Gasteiger partial charge on any atom is -0.355 e. The summed E-state index contributed by atoms with van der Waals surface area (Å²) in [5.74, 6) is -0.248. The van der Waals surface area contributed by atoms with Gasteiger partial charge >= 0.3 is 0 Å². The Kier molecular flexibility index (Phi) is 4.53. The molecule has 0 aromatic heterocycles. The maximum atomic E-state index is 11.5. The van der Waals surface area contributed by atoms with Crippen LogP contribution < -0.4 is 10.0 Å². The van der Waals surface area contributed by atoms with Gasteiger partial charge in [0, 0.05) is 12.6 Å². The summed E-state index contributed by atoms with van der Waals surface area (Å²) in [6.45, 7) is 1.69. The van der Waals surface area contributed by atoms with E-state index in [2.05, 4.69) is 26.0 Å². The first kappa shape index (κ1) is 14.0. The second-order valence-electron chi connectivity index (χ2n) is 3.38. The van der Waals surface area contributed by atoms with E-state index in [0.717, 1.165) is 0 Å².